The fourth-order valence-electron chi connectivity index (χ4n) is 17.3. The molecule has 0 aliphatic carbocycles. The Morgan fingerprint density at radius 2 is 0.695 bits per heavy atom. The molecule has 0 bridgehead atoms. The molecule has 0 radical (unpaired) electrons. The lowest BCUT2D eigenvalue weighted by Crippen LogP contribution is -2.38. The van der Waals surface area contributed by atoms with E-state index in [1.807, 2.05) is 27.7 Å². The Morgan fingerprint density at radius 1 is 0.371 bits per heavy atom. The van der Waals surface area contributed by atoms with Gasteiger partial charge in [-0.05, 0) is 237 Å². The molecule has 564 valence electrons. The van der Waals surface area contributed by atoms with Crippen molar-refractivity contribution in [1.82, 2.24) is 9.13 Å². The number of rotatable bonds is 15. The molecule has 9 heteroatoms. The van der Waals surface area contributed by atoms with Gasteiger partial charge in [-0.2, -0.15) is 0 Å². The van der Waals surface area contributed by atoms with E-state index in [0.717, 1.165) is 62.5 Å². The zero-order valence-electron chi connectivity index (χ0n) is 70.9. The van der Waals surface area contributed by atoms with Crippen molar-refractivity contribution in [3.8, 4) is 56.6 Å². The van der Waals surface area contributed by atoms with E-state index in [0.29, 0.717) is 62.7 Å². The molecule has 0 aliphatic rings. The Morgan fingerprint density at radius 3 is 1.02 bits per heavy atom. The molecular weight excluding hydrogens is 1310 g/mol. The summed E-state index contributed by atoms with van der Waals surface area (Å²) in [5, 5.41) is 33.4. The minimum absolute atomic E-state index is 0.0195. The minimum atomic E-state index is -1.97. The Kier molecular flexibility index (Phi) is 20.5. The van der Waals surface area contributed by atoms with Crippen LogP contribution in [0, 0.1) is 50.2 Å². The summed E-state index contributed by atoms with van der Waals surface area (Å²) >= 11 is 0. The number of halogens is 2. The van der Waals surface area contributed by atoms with Gasteiger partial charge in [-0.1, -0.05) is 222 Å². The van der Waals surface area contributed by atoms with Gasteiger partial charge in [-0.3, -0.25) is 0 Å². The second-order valence-corrected chi connectivity index (χ2v) is 46.8. The average Bonchev–Trinajstić information content (AvgIpc) is 1.56. The number of benzene rings is 8. The first-order valence-electron chi connectivity index (χ1n) is 38.7. The van der Waals surface area contributed by atoms with Crippen molar-refractivity contribution in [3.05, 3.63) is 170 Å². The fourth-order valence-corrected chi connectivity index (χ4v) is 18.5. The number of phenolic OH excluding ortho intramolecular Hbond substituents is 2. The molecule has 0 fully saturated rings. The van der Waals surface area contributed by atoms with Crippen LogP contribution in [0.15, 0.2) is 97.1 Å². The number of aryl methyl sites for hydroxylation is 4. The molecule has 0 saturated carbocycles. The standard InChI is InChI=1S/C96H128F2N2O4Si/c1-54-35-70(91(16,17)18)80-74(37-54)99(76-45-60(90(13,14)15)44-72(82(76)80)93(22,23)24)78-46-61(95(28,29)52-88(7,8)9)42-66(84(78)101)68-48-63(97)39-56(3)86(68)103-58(5)41-59(6)104-87-57(4)40-64(98)49-69(87)67-43-62(96(30,31)53-89(10,11)12)47-79(85(67)102)100-75-38-55(2)36-71(92(19,20)21)81(75)83-73(94(25,26)27)50-65(51-77(83)100)105(32,33)34/h35-40,42-51,58-59,101-102H,41,52-53H2,1-34H3/t58-,59-/m1/s1. The molecular formula is C96H128F2N2O4Si. The van der Waals surface area contributed by atoms with Crippen LogP contribution in [0.25, 0.3) is 77.2 Å². The Balaban J connectivity index is 1.16. The van der Waals surface area contributed by atoms with Gasteiger partial charge < -0.3 is 28.8 Å². The fraction of sp³-hybridized carbons (Fsp3) is 0.500. The SMILES string of the molecule is Cc1cc(C(C)(C)C)c2c3c(C(C)(C)C)cc(C(C)(C)C)cc3n(-c3cc(C(C)(C)CC(C)(C)C)cc(-c4cc(F)cc(C)c4O[C@H](C)C[C@@H](C)Oc4c(C)cc(F)cc4-c4cc(C(C)(C)CC(C)(C)C)cc(-n5c6cc(C)cc(C(C)(C)C)c6c6c(C(C)(C)C)cc([Si](C)(C)C)cc65)c4O)c3O)c2c1. The summed E-state index contributed by atoms with van der Waals surface area (Å²) in [6.07, 6.45) is 0.935. The summed E-state index contributed by atoms with van der Waals surface area (Å²) in [7, 11) is -1.97. The topological polar surface area (TPSA) is 68.8 Å². The lowest BCUT2D eigenvalue weighted by atomic mass is 9.71. The number of aromatic nitrogens is 2. The number of hydrogen-bond acceptors (Lipinski definition) is 4. The zero-order chi connectivity index (χ0) is 78.6. The van der Waals surface area contributed by atoms with Crippen molar-refractivity contribution in [2.45, 2.75) is 304 Å². The minimum Gasteiger partial charge on any atom is -0.505 e. The maximum atomic E-state index is 16.7. The zero-order valence-corrected chi connectivity index (χ0v) is 71.9. The van der Waals surface area contributed by atoms with Gasteiger partial charge >= 0.3 is 0 Å². The van der Waals surface area contributed by atoms with Crippen LogP contribution in [0.3, 0.4) is 0 Å². The van der Waals surface area contributed by atoms with Gasteiger partial charge in [0.1, 0.15) is 34.6 Å². The van der Waals surface area contributed by atoms with Crippen LogP contribution in [-0.4, -0.2) is 39.6 Å². The molecule has 2 heterocycles. The first kappa shape index (κ1) is 80.2. The van der Waals surface area contributed by atoms with Crippen molar-refractivity contribution < 1.29 is 28.5 Å². The van der Waals surface area contributed by atoms with Gasteiger partial charge in [0.25, 0.3) is 0 Å². The summed E-state index contributed by atoms with van der Waals surface area (Å²) in [6.45, 7) is 76.4. The van der Waals surface area contributed by atoms with E-state index in [2.05, 4.69) is 289 Å². The summed E-state index contributed by atoms with van der Waals surface area (Å²) in [5.41, 5.74) is 16.6. The largest absolute Gasteiger partial charge is 0.505 e. The van der Waals surface area contributed by atoms with Gasteiger partial charge in [0.05, 0.1) is 53.7 Å². The van der Waals surface area contributed by atoms with Gasteiger partial charge in [0, 0.05) is 50.2 Å². The highest BCUT2D eigenvalue weighted by Gasteiger charge is 2.38. The third-order valence-electron chi connectivity index (χ3n) is 21.7. The summed E-state index contributed by atoms with van der Waals surface area (Å²) in [4.78, 5) is 0. The molecule has 0 amide bonds. The maximum absolute atomic E-state index is 16.7. The third kappa shape index (κ3) is 16.0. The highest BCUT2D eigenvalue weighted by molar-refractivity contribution is 6.88. The second-order valence-electron chi connectivity index (χ2n) is 41.7. The molecule has 0 aliphatic heterocycles. The first-order valence-corrected chi connectivity index (χ1v) is 42.2. The quantitative estimate of drug-likeness (QED) is 0.100. The van der Waals surface area contributed by atoms with Crippen molar-refractivity contribution in [3.63, 3.8) is 0 Å². The van der Waals surface area contributed by atoms with Crippen LogP contribution in [0.4, 0.5) is 8.78 Å². The number of phenols is 2. The van der Waals surface area contributed by atoms with Gasteiger partial charge in [0.15, 0.2) is 0 Å². The van der Waals surface area contributed by atoms with Crippen LogP contribution in [0.2, 0.25) is 19.6 Å². The van der Waals surface area contributed by atoms with Crippen molar-refractivity contribution >= 4 is 56.9 Å². The number of ether oxygens (including phenoxy) is 2. The summed E-state index contributed by atoms with van der Waals surface area (Å²) in [5.74, 6) is 0.0654. The molecule has 0 saturated heterocycles. The molecule has 10 rings (SSSR count). The Bertz CT molecular complexity index is 4750. The van der Waals surface area contributed by atoms with Crippen molar-refractivity contribution in [2.75, 3.05) is 0 Å². The normalized spacial score (nSPS) is 14.2. The first-order chi connectivity index (χ1) is 47.7. The van der Waals surface area contributed by atoms with Crippen molar-refractivity contribution in [2.24, 2.45) is 10.8 Å². The summed E-state index contributed by atoms with van der Waals surface area (Å²) < 4.78 is 52.6. The lowest BCUT2D eigenvalue weighted by molar-refractivity contribution is 0.130. The predicted molar refractivity (Wildman–Crippen MR) is 450 cm³/mol. The third-order valence-corrected chi connectivity index (χ3v) is 23.7. The lowest BCUT2D eigenvalue weighted by Gasteiger charge is -2.34. The van der Waals surface area contributed by atoms with Gasteiger partial charge in [-0.25, -0.2) is 8.78 Å². The van der Waals surface area contributed by atoms with Crippen LogP contribution in [0.5, 0.6) is 23.0 Å². The van der Waals surface area contributed by atoms with Crippen LogP contribution >= 0.6 is 0 Å². The molecule has 2 aromatic heterocycles. The van der Waals surface area contributed by atoms with E-state index in [-0.39, 0.29) is 49.4 Å². The molecule has 10 aromatic rings. The number of fused-ring (bicyclic) bond motifs is 6. The molecule has 2 N–H and O–H groups in total. The van der Waals surface area contributed by atoms with E-state index in [1.54, 1.807) is 0 Å². The van der Waals surface area contributed by atoms with E-state index in [9.17, 15) is 10.2 Å². The molecule has 0 spiro atoms. The van der Waals surface area contributed by atoms with Crippen LogP contribution in [0.1, 0.15) is 267 Å². The summed E-state index contributed by atoms with van der Waals surface area (Å²) in [6, 6.07) is 33.5. The van der Waals surface area contributed by atoms with E-state index in [1.165, 1.54) is 73.4 Å². The monoisotopic (exact) mass is 1440 g/mol. The van der Waals surface area contributed by atoms with Crippen LogP contribution < -0.4 is 14.7 Å². The molecule has 0 unspecified atom stereocenters. The second kappa shape index (κ2) is 26.8. The van der Waals surface area contributed by atoms with E-state index in [4.69, 9.17) is 9.47 Å². The highest BCUT2D eigenvalue weighted by Crippen LogP contribution is 2.54. The molecule has 2 atom stereocenters. The molecule has 8 aromatic carbocycles. The predicted octanol–water partition coefficient (Wildman–Crippen LogP) is 27.2. The van der Waals surface area contributed by atoms with Crippen molar-refractivity contribution in [1.29, 1.82) is 0 Å². The molecule has 6 nitrogen and oxygen atoms in total. The maximum Gasteiger partial charge on any atom is 0.147 e. The average molecular weight is 1440 g/mol. The Labute approximate surface area is 631 Å². The molecule has 105 heavy (non-hydrogen) atoms. The van der Waals surface area contributed by atoms with Gasteiger partial charge in [0.2, 0.25) is 0 Å². The van der Waals surface area contributed by atoms with E-state index >= 15 is 8.78 Å². The van der Waals surface area contributed by atoms with Crippen LogP contribution in [-0.2, 0) is 37.9 Å². The Hall–Kier alpha value is -7.36. The van der Waals surface area contributed by atoms with E-state index < -0.39 is 42.7 Å². The highest BCUT2D eigenvalue weighted by atomic mass is 28.3. The number of aromatic hydroxyl groups is 2. The van der Waals surface area contributed by atoms with Gasteiger partial charge in [-0.15, -0.1) is 0 Å². The smallest absolute Gasteiger partial charge is 0.147 e. The number of nitrogens with zero attached hydrogens (tertiary/aromatic N) is 2. The number of hydrogen-bond donors (Lipinski definition) is 2.